The fourth-order valence-corrected chi connectivity index (χ4v) is 3.80. The van der Waals surface area contributed by atoms with E-state index in [2.05, 4.69) is 17.1 Å². The quantitative estimate of drug-likeness (QED) is 0.574. The second kappa shape index (κ2) is 5.00. The maximum absolute atomic E-state index is 5.93. The predicted octanol–water partition coefficient (Wildman–Crippen LogP) is 4.17. The Kier molecular flexibility index (Phi) is 3.21. The van der Waals surface area contributed by atoms with E-state index in [9.17, 15) is 0 Å². The van der Waals surface area contributed by atoms with Gasteiger partial charge < -0.3 is 5.73 Å². The summed E-state index contributed by atoms with van der Waals surface area (Å²) < 4.78 is 2.33. The molecule has 2 aromatic carbocycles. The van der Waals surface area contributed by atoms with E-state index in [1.165, 1.54) is 10.3 Å². The average molecular weight is 272 g/mol. The summed E-state index contributed by atoms with van der Waals surface area (Å²) in [6.07, 6.45) is 0. The average Bonchev–Trinajstić information content (AvgIpc) is 2.80. The third-order valence-electron chi connectivity index (χ3n) is 2.68. The summed E-state index contributed by atoms with van der Waals surface area (Å²) in [5, 5.41) is 0. The molecule has 0 aliphatic heterocycles. The van der Waals surface area contributed by atoms with Crippen LogP contribution in [0.15, 0.2) is 52.9 Å². The zero-order chi connectivity index (χ0) is 12.4. The molecule has 0 bridgehead atoms. The van der Waals surface area contributed by atoms with Crippen LogP contribution in [0.4, 0.5) is 5.69 Å². The summed E-state index contributed by atoms with van der Waals surface area (Å²) in [4.78, 5) is 4.60. The first kappa shape index (κ1) is 11.6. The van der Waals surface area contributed by atoms with Crippen molar-refractivity contribution in [2.24, 2.45) is 0 Å². The monoisotopic (exact) mass is 272 g/mol. The normalized spacial score (nSPS) is 10.9. The van der Waals surface area contributed by atoms with Crippen LogP contribution in [0.25, 0.3) is 10.2 Å². The number of nitrogens with zero attached hydrogens (tertiary/aromatic N) is 1. The summed E-state index contributed by atoms with van der Waals surface area (Å²) in [7, 11) is 0. The van der Waals surface area contributed by atoms with Crippen molar-refractivity contribution in [3.05, 3.63) is 54.1 Å². The molecule has 0 amide bonds. The Morgan fingerprint density at radius 2 is 1.83 bits per heavy atom. The van der Waals surface area contributed by atoms with E-state index in [0.717, 1.165) is 21.3 Å². The van der Waals surface area contributed by atoms with Gasteiger partial charge in [0.1, 0.15) is 0 Å². The maximum atomic E-state index is 5.93. The van der Waals surface area contributed by atoms with Crippen molar-refractivity contribution in [1.82, 2.24) is 4.98 Å². The van der Waals surface area contributed by atoms with Gasteiger partial charge in [0.25, 0.3) is 0 Å². The Labute approximate surface area is 114 Å². The van der Waals surface area contributed by atoms with Crippen LogP contribution in [0.3, 0.4) is 0 Å². The van der Waals surface area contributed by atoms with Gasteiger partial charge in [0, 0.05) is 11.4 Å². The van der Waals surface area contributed by atoms with Crippen molar-refractivity contribution < 1.29 is 0 Å². The molecule has 0 unspecified atom stereocenters. The van der Waals surface area contributed by atoms with Gasteiger partial charge in [-0.15, -0.1) is 11.3 Å². The minimum atomic E-state index is 0.853. The number of thiazole rings is 1. The SMILES string of the molecule is Nc1ccccc1CSc1nc2ccccc2s1. The van der Waals surface area contributed by atoms with Crippen LogP contribution in [-0.2, 0) is 5.75 Å². The van der Waals surface area contributed by atoms with E-state index < -0.39 is 0 Å². The molecule has 0 aliphatic carbocycles. The topological polar surface area (TPSA) is 38.9 Å². The number of nitrogens with two attached hydrogens (primary N) is 1. The molecule has 2 nitrogen and oxygen atoms in total. The molecule has 0 radical (unpaired) electrons. The Hall–Kier alpha value is -1.52. The highest BCUT2D eigenvalue weighted by Crippen LogP contribution is 2.32. The van der Waals surface area contributed by atoms with Gasteiger partial charge in [-0.3, -0.25) is 0 Å². The van der Waals surface area contributed by atoms with Gasteiger partial charge in [0.2, 0.25) is 0 Å². The summed E-state index contributed by atoms with van der Waals surface area (Å²) in [5.74, 6) is 0.868. The van der Waals surface area contributed by atoms with Gasteiger partial charge in [-0.2, -0.15) is 0 Å². The predicted molar refractivity (Wildman–Crippen MR) is 80.0 cm³/mol. The first-order chi connectivity index (χ1) is 8.83. The van der Waals surface area contributed by atoms with E-state index in [1.807, 2.05) is 36.4 Å². The summed E-state index contributed by atoms with van der Waals surface area (Å²) >= 11 is 3.47. The van der Waals surface area contributed by atoms with Crippen molar-refractivity contribution >= 4 is 39.0 Å². The first-order valence-corrected chi connectivity index (χ1v) is 7.45. The summed E-state index contributed by atoms with van der Waals surface area (Å²) in [6, 6.07) is 16.2. The van der Waals surface area contributed by atoms with Crippen molar-refractivity contribution in [3.8, 4) is 0 Å². The number of anilines is 1. The highest BCUT2D eigenvalue weighted by molar-refractivity contribution is 8.00. The molecule has 0 aliphatic rings. The van der Waals surface area contributed by atoms with Crippen LogP contribution < -0.4 is 5.73 Å². The highest BCUT2D eigenvalue weighted by atomic mass is 32.2. The number of rotatable bonds is 3. The van der Waals surface area contributed by atoms with Crippen LogP contribution in [0.5, 0.6) is 0 Å². The molecule has 0 atom stereocenters. The zero-order valence-corrected chi connectivity index (χ0v) is 11.3. The van der Waals surface area contributed by atoms with E-state index in [0.29, 0.717) is 0 Å². The first-order valence-electron chi connectivity index (χ1n) is 5.65. The minimum absolute atomic E-state index is 0.853. The molecule has 2 N–H and O–H groups in total. The standard InChI is InChI=1S/C14H12N2S2/c15-11-6-2-1-5-10(11)9-17-14-16-12-7-3-4-8-13(12)18-14/h1-8H,9,15H2. The molecule has 0 saturated carbocycles. The van der Waals surface area contributed by atoms with Gasteiger partial charge in [-0.25, -0.2) is 4.98 Å². The molecule has 90 valence electrons. The lowest BCUT2D eigenvalue weighted by molar-refractivity contribution is 1.29. The number of benzene rings is 2. The third-order valence-corrected chi connectivity index (χ3v) is 4.91. The van der Waals surface area contributed by atoms with E-state index in [1.54, 1.807) is 23.1 Å². The lowest BCUT2D eigenvalue weighted by Gasteiger charge is -2.02. The molecule has 4 heteroatoms. The number of aromatic nitrogens is 1. The molecule has 0 spiro atoms. The second-order valence-corrected chi connectivity index (χ2v) is 6.19. The van der Waals surface area contributed by atoms with Crippen LogP contribution in [0, 0.1) is 0 Å². The Balaban J connectivity index is 1.79. The highest BCUT2D eigenvalue weighted by Gasteiger charge is 2.05. The van der Waals surface area contributed by atoms with Crippen LogP contribution in [0.1, 0.15) is 5.56 Å². The lowest BCUT2D eigenvalue weighted by atomic mass is 10.2. The van der Waals surface area contributed by atoms with E-state index >= 15 is 0 Å². The maximum Gasteiger partial charge on any atom is 0.151 e. The third kappa shape index (κ3) is 2.35. The molecular formula is C14H12N2S2. The number of thioether (sulfide) groups is 1. The second-order valence-electron chi connectivity index (χ2n) is 3.93. The van der Waals surface area contributed by atoms with Gasteiger partial charge in [0.05, 0.1) is 10.2 Å². The number of nitrogen functional groups attached to an aromatic ring is 1. The molecule has 18 heavy (non-hydrogen) atoms. The van der Waals surface area contributed by atoms with Gasteiger partial charge in [-0.1, -0.05) is 42.1 Å². The summed E-state index contributed by atoms with van der Waals surface area (Å²) in [5.41, 5.74) is 9.03. The number of fused-ring (bicyclic) bond motifs is 1. The molecule has 0 saturated heterocycles. The molecule has 0 fully saturated rings. The van der Waals surface area contributed by atoms with Crippen molar-refractivity contribution in [2.45, 2.75) is 10.1 Å². The van der Waals surface area contributed by atoms with Crippen LogP contribution in [-0.4, -0.2) is 4.98 Å². The van der Waals surface area contributed by atoms with Crippen molar-refractivity contribution in [1.29, 1.82) is 0 Å². The van der Waals surface area contributed by atoms with Gasteiger partial charge in [0.15, 0.2) is 4.34 Å². The lowest BCUT2D eigenvalue weighted by Crippen LogP contribution is -1.91. The minimum Gasteiger partial charge on any atom is -0.398 e. The Morgan fingerprint density at radius 3 is 2.67 bits per heavy atom. The van der Waals surface area contributed by atoms with Crippen molar-refractivity contribution in [2.75, 3.05) is 5.73 Å². The van der Waals surface area contributed by atoms with E-state index in [4.69, 9.17) is 5.73 Å². The number of para-hydroxylation sites is 2. The molecule has 1 heterocycles. The summed E-state index contributed by atoms with van der Waals surface area (Å²) in [6.45, 7) is 0. The molecule has 3 rings (SSSR count). The Morgan fingerprint density at radius 1 is 1.06 bits per heavy atom. The molecule has 3 aromatic rings. The Bertz CT molecular complexity index is 643. The van der Waals surface area contributed by atoms with Crippen LogP contribution >= 0.6 is 23.1 Å². The number of hydrogen-bond donors (Lipinski definition) is 1. The van der Waals surface area contributed by atoms with Gasteiger partial charge >= 0.3 is 0 Å². The fraction of sp³-hybridized carbons (Fsp3) is 0.0714. The molecular weight excluding hydrogens is 260 g/mol. The van der Waals surface area contributed by atoms with Crippen molar-refractivity contribution in [3.63, 3.8) is 0 Å². The molecule has 1 aromatic heterocycles. The van der Waals surface area contributed by atoms with E-state index in [-0.39, 0.29) is 0 Å². The fourth-order valence-electron chi connectivity index (χ4n) is 1.72. The zero-order valence-electron chi connectivity index (χ0n) is 9.67. The van der Waals surface area contributed by atoms with Gasteiger partial charge in [-0.05, 0) is 23.8 Å². The van der Waals surface area contributed by atoms with Crippen LogP contribution in [0.2, 0.25) is 0 Å². The smallest absolute Gasteiger partial charge is 0.151 e. The number of hydrogen-bond acceptors (Lipinski definition) is 4. The largest absolute Gasteiger partial charge is 0.398 e.